The molecule has 3 rings (SSSR count). The zero-order valence-electron chi connectivity index (χ0n) is 7.49. The number of hydrogen-bond acceptors (Lipinski definition) is 4. The van der Waals surface area contributed by atoms with E-state index in [1.54, 1.807) is 6.26 Å². The average molecular weight is 207 g/mol. The van der Waals surface area contributed by atoms with Crippen molar-refractivity contribution in [3.05, 3.63) is 29.3 Å². The number of fused-ring (bicyclic) bond motifs is 3. The van der Waals surface area contributed by atoms with Crippen molar-refractivity contribution in [3.8, 4) is 11.3 Å². The lowest BCUT2D eigenvalue weighted by molar-refractivity contribution is 0.422. The van der Waals surface area contributed by atoms with E-state index >= 15 is 0 Å². The van der Waals surface area contributed by atoms with Crippen molar-refractivity contribution >= 4 is 12.6 Å². The Kier molecular flexibility index (Phi) is 1.70. The largest absolute Gasteiger partial charge is 0.469 e. The average Bonchev–Trinajstić information content (AvgIpc) is 2.82. The Morgan fingerprint density at radius 3 is 3.21 bits per heavy atom. The van der Waals surface area contributed by atoms with Crippen LogP contribution in [-0.4, -0.2) is 5.16 Å². The number of aryl methyl sites for hydroxylation is 1. The minimum Gasteiger partial charge on any atom is -0.469 e. The summed E-state index contributed by atoms with van der Waals surface area (Å²) in [6.45, 7) is 0. The molecule has 14 heavy (non-hydrogen) atoms. The van der Waals surface area contributed by atoms with Crippen LogP contribution in [0.1, 0.15) is 17.0 Å². The fourth-order valence-electron chi connectivity index (χ4n) is 1.91. The second-order valence-electron chi connectivity index (χ2n) is 3.35. The maximum Gasteiger partial charge on any atom is 0.173 e. The fraction of sp³-hybridized carbons (Fsp3) is 0.300. The Morgan fingerprint density at radius 2 is 2.36 bits per heavy atom. The molecule has 0 aromatic carbocycles. The Hall–Kier alpha value is -1.16. The molecule has 2 aromatic heterocycles. The number of nitrogens with zero attached hydrogens (tertiary/aromatic N) is 1. The van der Waals surface area contributed by atoms with E-state index in [1.807, 2.05) is 6.07 Å². The second kappa shape index (κ2) is 2.92. The van der Waals surface area contributed by atoms with Crippen LogP contribution >= 0.6 is 12.6 Å². The van der Waals surface area contributed by atoms with Gasteiger partial charge in [-0.25, -0.2) is 0 Å². The summed E-state index contributed by atoms with van der Waals surface area (Å²) in [5.74, 6) is 2.50. The van der Waals surface area contributed by atoms with E-state index in [1.165, 1.54) is 5.56 Å². The molecule has 0 radical (unpaired) electrons. The van der Waals surface area contributed by atoms with Gasteiger partial charge in [0.2, 0.25) is 0 Å². The van der Waals surface area contributed by atoms with Crippen LogP contribution < -0.4 is 0 Å². The third kappa shape index (κ3) is 0.973. The van der Waals surface area contributed by atoms with E-state index in [9.17, 15) is 0 Å². The topological polar surface area (TPSA) is 39.2 Å². The van der Waals surface area contributed by atoms with Gasteiger partial charge in [0, 0.05) is 17.7 Å². The van der Waals surface area contributed by atoms with Gasteiger partial charge in [-0.2, -0.15) is 12.6 Å². The smallest absolute Gasteiger partial charge is 0.173 e. The van der Waals surface area contributed by atoms with Crippen LogP contribution in [-0.2, 0) is 18.6 Å². The summed E-state index contributed by atoms with van der Waals surface area (Å²) >= 11 is 4.22. The monoisotopic (exact) mass is 207 g/mol. The molecule has 1 aliphatic carbocycles. The minimum absolute atomic E-state index is 0.631. The lowest BCUT2D eigenvalue weighted by Gasteiger charge is -2.08. The lowest BCUT2D eigenvalue weighted by atomic mass is 9.95. The van der Waals surface area contributed by atoms with Crippen molar-refractivity contribution in [2.75, 3.05) is 0 Å². The van der Waals surface area contributed by atoms with Crippen LogP contribution in [0.3, 0.4) is 0 Å². The number of aromatic nitrogens is 1. The SMILES string of the molecule is SCc1noc2c1CCc1occc1-2. The van der Waals surface area contributed by atoms with Gasteiger partial charge in [-0.3, -0.25) is 0 Å². The summed E-state index contributed by atoms with van der Waals surface area (Å²) in [5.41, 5.74) is 3.19. The van der Waals surface area contributed by atoms with Gasteiger partial charge in [0.05, 0.1) is 17.5 Å². The van der Waals surface area contributed by atoms with Crippen LogP contribution in [0.4, 0.5) is 0 Å². The van der Waals surface area contributed by atoms with Crippen molar-refractivity contribution in [1.82, 2.24) is 5.16 Å². The summed E-state index contributed by atoms with van der Waals surface area (Å²) in [7, 11) is 0. The molecule has 0 saturated carbocycles. The van der Waals surface area contributed by atoms with E-state index in [0.29, 0.717) is 5.75 Å². The second-order valence-corrected chi connectivity index (χ2v) is 3.67. The van der Waals surface area contributed by atoms with Gasteiger partial charge in [-0.05, 0) is 12.5 Å². The molecule has 0 saturated heterocycles. The first-order valence-electron chi connectivity index (χ1n) is 4.55. The molecule has 0 unspecified atom stereocenters. The van der Waals surface area contributed by atoms with E-state index in [-0.39, 0.29) is 0 Å². The Labute approximate surface area is 86.5 Å². The molecule has 0 fully saturated rings. The first kappa shape index (κ1) is 8.17. The maximum absolute atomic E-state index is 5.35. The van der Waals surface area contributed by atoms with Gasteiger partial charge in [0.25, 0.3) is 0 Å². The van der Waals surface area contributed by atoms with E-state index in [4.69, 9.17) is 8.94 Å². The van der Waals surface area contributed by atoms with Crippen LogP contribution in [0.5, 0.6) is 0 Å². The first-order valence-corrected chi connectivity index (χ1v) is 5.18. The van der Waals surface area contributed by atoms with Crippen molar-refractivity contribution in [2.24, 2.45) is 0 Å². The molecule has 0 amide bonds. The molecule has 4 heteroatoms. The van der Waals surface area contributed by atoms with Crippen LogP contribution in [0.15, 0.2) is 21.3 Å². The van der Waals surface area contributed by atoms with Gasteiger partial charge < -0.3 is 8.94 Å². The first-order chi connectivity index (χ1) is 6.90. The molecular weight excluding hydrogens is 198 g/mol. The van der Waals surface area contributed by atoms with Crippen molar-refractivity contribution in [1.29, 1.82) is 0 Å². The highest BCUT2D eigenvalue weighted by Gasteiger charge is 2.25. The molecule has 2 aromatic rings. The van der Waals surface area contributed by atoms with Gasteiger partial charge >= 0.3 is 0 Å². The fourth-order valence-corrected chi connectivity index (χ4v) is 2.16. The Morgan fingerprint density at radius 1 is 1.43 bits per heavy atom. The summed E-state index contributed by atoms with van der Waals surface area (Å²) in [4.78, 5) is 0. The summed E-state index contributed by atoms with van der Waals surface area (Å²) < 4.78 is 10.7. The molecule has 2 heterocycles. The predicted octanol–water partition coefficient (Wildman–Crippen LogP) is 2.46. The van der Waals surface area contributed by atoms with Crippen molar-refractivity contribution in [3.63, 3.8) is 0 Å². The number of rotatable bonds is 1. The molecule has 72 valence electrons. The van der Waals surface area contributed by atoms with E-state index in [2.05, 4.69) is 17.8 Å². The highest BCUT2D eigenvalue weighted by molar-refractivity contribution is 7.79. The molecule has 0 atom stereocenters. The highest BCUT2D eigenvalue weighted by Crippen LogP contribution is 2.36. The zero-order chi connectivity index (χ0) is 9.54. The van der Waals surface area contributed by atoms with Crippen molar-refractivity contribution < 1.29 is 8.94 Å². The molecule has 0 bridgehead atoms. The van der Waals surface area contributed by atoms with Crippen LogP contribution in [0, 0.1) is 0 Å². The van der Waals surface area contributed by atoms with Gasteiger partial charge in [-0.1, -0.05) is 5.16 Å². The van der Waals surface area contributed by atoms with Gasteiger partial charge in [-0.15, -0.1) is 0 Å². The third-order valence-corrected chi connectivity index (χ3v) is 2.91. The molecular formula is C10H9NO2S. The summed E-state index contributed by atoms with van der Waals surface area (Å²) in [6, 6.07) is 1.93. The summed E-state index contributed by atoms with van der Waals surface area (Å²) in [6.07, 6.45) is 3.56. The molecule has 1 aliphatic rings. The molecule has 3 nitrogen and oxygen atoms in total. The number of hydrogen-bond donors (Lipinski definition) is 1. The highest BCUT2D eigenvalue weighted by atomic mass is 32.1. The van der Waals surface area contributed by atoms with Crippen LogP contribution in [0.25, 0.3) is 11.3 Å². The predicted molar refractivity (Wildman–Crippen MR) is 54.3 cm³/mol. The summed E-state index contributed by atoms with van der Waals surface area (Å²) in [5, 5.41) is 4.00. The minimum atomic E-state index is 0.631. The lowest BCUT2D eigenvalue weighted by Crippen LogP contribution is -2.00. The Balaban J connectivity index is 2.22. The van der Waals surface area contributed by atoms with E-state index < -0.39 is 0 Å². The third-order valence-electron chi connectivity index (χ3n) is 2.61. The standard InChI is InChI=1S/C10H9NO2S/c14-5-8-6-1-2-9-7(3-4-12-9)10(6)13-11-8/h3-4,14H,1-2,5H2. The number of thiol groups is 1. The quantitative estimate of drug-likeness (QED) is 0.730. The number of furan rings is 1. The molecule has 0 aliphatic heterocycles. The maximum atomic E-state index is 5.35. The Bertz CT molecular complexity index is 472. The van der Waals surface area contributed by atoms with Crippen LogP contribution in [0.2, 0.25) is 0 Å². The molecule has 0 N–H and O–H groups in total. The van der Waals surface area contributed by atoms with Crippen molar-refractivity contribution in [2.45, 2.75) is 18.6 Å². The van der Waals surface area contributed by atoms with E-state index in [0.717, 1.165) is 35.6 Å². The zero-order valence-corrected chi connectivity index (χ0v) is 8.38. The van der Waals surface area contributed by atoms with Gasteiger partial charge in [0.15, 0.2) is 5.76 Å². The van der Waals surface area contributed by atoms with Gasteiger partial charge in [0.1, 0.15) is 5.76 Å². The molecule has 0 spiro atoms. The normalized spacial score (nSPS) is 13.8.